The highest BCUT2D eigenvalue weighted by Crippen LogP contribution is 2.16. The second kappa shape index (κ2) is 3.42. The molecule has 4 nitrogen and oxygen atoms in total. The Morgan fingerprint density at radius 1 is 1.36 bits per heavy atom. The van der Waals surface area contributed by atoms with Crippen molar-refractivity contribution < 1.29 is 18.3 Å². The molecule has 0 unspecified atom stereocenters. The van der Waals surface area contributed by atoms with E-state index in [0.29, 0.717) is 5.56 Å². The molecule has 0 heterocycles. The van der Waals surface area contributed by atoms with Crippen molar-refractivity contribution in [3.63, 3.8) is 0 Å². The van der Waals surface area contributed by atoms with E-state index in [1.165, 1.54) is 18.2 Å². The Hall–Kier alpha value is -1.36. The zero-order chi connectivity index (χ0) is 10.9. The average Bonchev–Trinajstić information content (AvgIpc) is 2.01. The maximum absolute atomic E-state index is 11.2. The molecule has 0 bridgehead atoms. The quantitative estimate of drug-likeness (QED) is 0.800. The molecule has 0 saturated carbocycles. The minimum atomic E-state index is -3.27. The lowest BCUT2D eigenvalue weighted by Crippen LogP contribution is -2.03. The summed E-state index contributed by atoms with van der Waals surface area (Å²) in [5, 5.41) is 8.65. The molecular formula is C9H10O4S. The van der Waals surface area contributed by atoms with Crippen LogP contribution in [0, 0.1) is 6.92 Å². The number of carbonyl (C=O) groups is 1. The molecule has 5 heteroatoms. The maximum atomic E-state index is 11.2. The third-order valence-corrected chi connectivity index (χ3v) is 3.08. The lowest BCUT2D eigenvalue weighted by atomic mass is 10.1. The Morgan fingerprint density at radius 2 is 1.93 bits per heavy atom. The van der Waals surface area contributed by atoms with Crippen molar-refractivity contribution in [3.05, 3.63) is 29.3 Å². The molecule has 0 spiro atoms. The molecule has 0 atom stereocenters. The Bertz CT molecular complexity index is 474. The van der Waals surface area contributed by atoms with E-state index in [1.54, 1.807) is 6.92 Å². The first-order valence-electron chi connectivity index (χ1n) is 3.86. The number of hydrogen-bond donors (Lipinski definition) is 1. The summed E-state index contributed by atoms with van der Waals surface area (Å²) in [6, 6.07) is 3.94. The predicted molar refractivity (Wildman–Crippen MR) is 51.2 cm³/mol. The van der Waals surface area contributed by atoms with Crippen molar-refractivity contribution in [2.24, 2.45) is 0 Å². The summed E-state index contributed by atoms with van der Waals surface area (Å²) in [5.41, 5.74) is 0.544. The van der Waals surface area contributed by atoms with Gasteiger partial charge in [0.1, 0.15) is 0 Å². The molecule has 0 aliphatic carbocycles. The second-order valence-corrected chi connectivity index (χ2v) is 5.04. The normalized spacial score (nSPS) is 11.3. The van der Waals surface area contributed by atoms with E-state index >= 15 is 0 Å². The molecule has 1 aromatic rings. The number of hydrogen-bond acceptors (Lipinski definition) is 3. The van der Waals surface area contributed by atoms with Gasteiger partial charge in [-0.1, -0.05) is 0 Å². The topological polar surface area (TPSA) is 71.4 Å². The molecule has 0 aromatic heterocycles. The highest BCUT2D eigenvalue weighted by atomic mass is 32.2. The van der Waals surface area contributed by atoms with E-state index in [0.717, 1.165) is 6.26 Å². The van der Waals surface area contributed by atoms with Crippen LogP contribution in [-0.4, -0.2) is 25.7 Å². The van der Waals surface area contributed by atoms with E-state index in [9.17, 15) is 13.2 Å². The SMILES string of the molecule is Cc1cc(C(=O)O)ccc1S(C)(=O)=O. The lowest BCUT2D eigenvalue weighted by Gasteiger charge is -2.03. The van der Waals surface area contributed by atoms with Gasteiger partial charge in [0.05, 0.1) is 10.5 Å². The first kappa shape index (κ1) is 10.7. The fourth-order valence-corrected chi connectivity index (χ4v) is 2.16. The van der Waals surface area contributed by atoms with E-state index in [-0.39, 0.29) is 10.5 Å². The van der Waals surface area contributed by atoms with Gasteiger partial charge in [0.15, 0.2) is 9.84 Å². The molecule has 0 fully saturated rings. The summed E-state index contributed by atoms with van der Waals surface area (Å²) >= 11 is 0. The number of carboxylic acid groups (broad SMARTS) is 1. The highest BCUT2D eigenvalue weighted by molar-refractivity contribution is 7.90. The number of benzene rings is 1. The first-order chi connectivity index (χ1) is 6.32. The molecule has 0 saturated heterocycles. The van der Waals surface area contributed by atoms with Crippen LogP contribution in [0.5, 0.6) is 0 Å². The summed E-state index contributed by atoms with van der Waals surface area (Å²) in [7, 11) is -3.27. The van der Waals surface area contributed by atoms with Crippen LogP contribution in [0.2, 0.25) is 0 Å². The average molecular weight is 214 g/mol. The smallest absolute Gasteiger partial charge is 0.335 e. The van der Waals surface area contributed by atoms with Crippen LogP contribution in [0.15, 0.2) is 23.1 Å². The number of sulfone groups is 1. The van der Waals surface area contributed by atoms with Gasteiger partial charge < -0.3 is 5.11 Å². The van der Waals surface area contributed by atoms with E-state index < -0.39 is 15.8 Å². The van der Waals surface area contributed by atoms with Gasteiger partial charge in [-0.15, -0.1) is 0 Å². The molecule has 14 heavy (non-hydrogen) atoms. The summed E-state index contributed by atoms with van der Waals surface area (Å²) in [5.74, 6) is -1.06. The molecule has 1 rings (SSSR count). The molecule has 1 aromatic carbocycles. The number of rotatable bonds is 2. The van der Waals surface area contributed by atoms with Crippen molar-refractivity contribution >= 4 is 15.8 Å². The summed E-state index contributed by atoms with van der Waals surface area (Å²) in [6.07, 6.45) is 1.09. The van der Waals surface area contributed by atoms with Crippen molar-refractivity contribution in [2.45, 2.75) is 11.8 Å². The Kier molecular flexibility index (Phi) is 2.62. The largest absolute Gasteiger partial charge is 0.478 e. The summed E-state index contributed by atoms with van der Waals surface area (Å²) in [6.45, 7) is 1.57. The van der Waals surface area contributed by atoms with E-state index in [2.05, 4.69) is 0 Å². The van der Waals surface area contributed by atoms with Gasteiger partial charge in [-0.25, -0.2) is 13.2 Å². The van der Waals surface area contributed by atoms with Gasteiger partial charge in [0.2, 0.25) is 0 Å². The summed E-state index contributed by atoms with van der Waals surface area (Å²) < 4.78 is 22.4. The highest BCUT2D eigenvalue weighted by Gasteiger charge is 2.12. The van der Waals surface area contributed by atoms with Crippen LogP contribution in [0.25, 0.3) is 0 Å². The Labute approximate surface area is 82.1 Å². The van der Waals surface area contributed by atoms with Crippen LogP contribution in [-0.2, 0) is 9.84 Å². The van der Waals surface area contributed by atoms with Crippen molar-refractivity contribution in [1.29, 1.82) is 0 Å². The predicted octanol–water partition coefficient (Wildman–Crippen LogP) is 1.10. The molecule has 0 aliphatic rings. The summed E-state index contributed by atoms with van der Waals surface area (Å²) in [4.78, 5) is 10.7. The van der Waals surface area contributed by atoms with Gasteiger partial charge in [0, 0.05) is 6.26 Å². The van der Waals surface area contributed by atoms with Crippen molar-refractivity contribution in [1.82, 2.24) is 0 Å². The number of aromatic carboxylic acids is 1. The van der Waals surface area contributed by atoms with Gasteiger partial charge >= 0.3 is 5.97 Å². The van der Waals surface area contributed by atoms with Crippen LogP contribution in [0.4, 0.5) is 0 Å². The fourth-order valence-electron chi connectivity index (χ4n) is 1.20. The van der Waals surface area contributed by atoms with Crippen molar-refractivity contribution in [3.8, 4) is 0 Å². The molecule has 0 aliphatic heterocycles. The maximum Gasteiger partial charge on any atom is 0.335 e. The van der Waals surface area contributed by atoms with E-state index in [4.69, 9.17) is 5.11 Å². The van der Waals surface area contributed by atoms with Crippen LogP contribution >= 0.6 is 0 Å². The van der Waals surface area contributed by atoms with Crippen LogP contribution < -0.4 is 0 Å². The molecule has 0 amide bonds. The number of aryl methyl sites for hydroxylation is 1. The molecule has 1 N–H and O–H groups in total. The molecule has 0 radical (unpaired) electrons. The Balaban J connectivity index is 3.35. The molecular weight excluding hydrogens is 204 g/mol. The zero-order valence-electron chi connectivity index (χ0n) is 7.81. The van der Waals surface area contributed by atoms with Crippen LogP contribution in [0.3, 0.4) is 0 Å². The molecule has 76 valence electrons. The number of carboxylic acids is 1. The van der Waals surface area contributed by atoms with Crippen LogP contribution in [0.1, 0.15) is 15.9 Å². The standard InChI is InChI=1S/C9H10O4S/c1-6-5-7(9(10)11)3-4-8(6)14(2,12)13/h3-5H,1-2H3,(H,10,11). The van der Waals surface area contributed by atoms with Gasteiger partial charge in [-0.3, -0.25) is 0 Å². The first-order valence-corrected chi connectivity index (χ1v) is 5.75. The van der Waals surface area contributed by atoms with E-state index in [1.807, 2.05) is 0 Å². The second-order valence-electron chi connectivity index (χ2n) is 3.06. The fraction of sp³-hybridized carbons (Fsp3) is 0.222. The zero-order valence-corrected chi connectivity index (χ0v) is 8.63. The monoisotopic (exact) mass is 214 g/mol. The minimum absolute atomic E-state index is 0.0925. The van der Waals surface area contributed by atoms with Gasteiger partial charge in [-0.05, 0) is 30.7 Å². The lowest BCUT2D eigenvalue weighted by molar-refractivity contribution is 0.0696. The van der Waals surface area contributed by atoms with Gasteiger partial charge in [0.25, 0.3) is 0 Å². The third-order valence-electron chi connectivity index (χ3n) is 1.82. The van der Waals surface area contributed by atoms with Crippen molar-refractivity contribution in [2.75, 3.05) is 6.26 Å². The minimum Gasteiger partial charge on any atom is -0.478 e. The third kappa shape index (κ3) is 2.11. The Morgan fingerprint density at radius 3 is 2.29 bits per heavy atom. The van der Waals surface area contributed by atoms with Gasteiger partial charge in [-0.2, -0.15) is 0 Å².